The van der Waals surface area contributed by atoms with Crippen molar-refractivity contribution in [3.05, 3.63) is 34.4 Å². The fourth-order valence-corrected chi connectivity index (χ4v) is 1.38. The summed E-state index contributed by atoms with van der Waals surface area (Å²) in [5, 5.41) is 25.9. The lowest BCUT2D eigenvalue weighted by Crippen LogP contribution is -2.46. The van der Waals surface area contributed by atoms with Gasteiger partial charge in [-0.25, -0.2) is 4.79 Å². The Labute approximate surface area is 120 Å². The standard InChI is InChI=1S/C12H13N5O4/c1-8(11(18)14-7-6-13)15-12(19)16-9-2-4-10(5-3-9)17(20)21/h2-5,8H,7H2,1H3,(H,14,18)(H2,15,16,19). The number of carbonyl (C=O) groups is 2. The Morgan fingerprint density at radius 2 is 2.00 bits per heavy atom. The maximum Gasteiger partial charge on any atom is 0.319 e. The van der Waals surface area contributed by atoms with E-state index in [1.54, 1.807) is 6.07 Å². The molecule has 3 N–H and O–H groups in total. The van der Waals surface area contributed by atoms with Crippen LogP contribution in [-0.4, -0.2) is 29.4 Å². The Morgan fingerprint density at radius 3 is 2.52 bits per heavy atom. The predicted molar refractivity (Wildman–Crippen MR) is 73.3 cm³/mol. The number of rotatable bonds is 5. The van der Waals surface area contributed by atoms with Crippen LogP contribution in [0.1, 0.15) is 6.92 Å². The fourth-order valence-electron chi connectivity index (χ4n) is 1.38. The molecule has 1 aromatic rings. The van der Waals surface area contributed by atoms with Gasteiger partial charge in [0.05, 0.1) is 11.0 Å². The van der Waals surface area contributed by atoms with Crippen LogP contribution in [0.2, 0.25) is 0 Å². The summed E-state index contributed by atoms with van der Waals surface area (Å²) in [4.78, 5) is 33.0. The highest BCUT2D eigenvalue weighted by Crippen LogP contribution is 2.15. The fraction of sp³-hybridized carbons (Fsp3) is 0.250. The van der Waals surface area contributed by atoms with Crippen molar-refractivity contribution in [2.24, 2.45) is 0 Å². The summed E-state index contributed by atoms with van der Waals surface area (Å²) in [6.07, 6.45) is 0. The van der Waals surface area contributed by atoms with Gasteiger partial charge in [0.1, 0.15) is 12.6 Å². The van der Waals surface area contributed by atoms with Crippen molar-refractivity contribution < 1.29 is 14.5 Å². The molecule has 1 unspecified atom stereocenters. The molecular weight excluding hydrogens is 278 g/mol. The second-order valence-electron chi connectivity index (χ2n) is 4.00. The van der Waals surface area contributed by atoms with E-state index in [0.717, 1.165) is 0 Å². The first-order valence-electron chi connectivity index (χ1n) is 5.90. The molecule has 110 valence electrons. The molecule has 0 aromatic heterocycles. The smallest absolute Gasteiger partial charge is 0.319 e. The van der Waals surface area contributed by atoms with Gasteiger partial charge in [-0.3, -0.25) is 14.9 Å². The van der Waals surface area contributed by atoms with Crippen LogP contribution in [0.15, 0.2) is 24.3 Å². The van der Waals surface area contributed by atoms with Gasteiger partial charge in [-0.05, 0) is 19.1 Å². The van der Waals surface area contributed by atoms with Gasteiger partial charge in [0, 0.05) is 17.8 Å². The zero-order chi connectivity index (χ0) is 15.8. The zero-order valence-electron chi connectivity index (χ0n) is 11.1. The maximum atomic E-state index is 11.6. The second-order valence-corrected chi connectivity index (χ2v) is 4.00. The summed E-state index contributed by atoms with van der Waals surface area (Å²) in [7, 11) is 0. The van der Waals surface area contributed by atoms with Crippen LogP contribution in [0.4, 0.5) is 16.2 Å². The van der Waals surface area contributed by atoms with Crippen LogP contribution >= 0.6 is 0 Å². The molecule has 0 bridgehead atoms. The SMILES string of the molecule is CC(NC(=O)Nc1ccc([N+](=O)[O-])cc1)C(=O)NCC#N. The van der Waals surface area contributed by atoms with Gasteiger partial charge in [0.25, 0.3) is 5.69 Å². The molecule has 0 saturated carbocycles. The average Bonchev–Trinajstić information content (AvgIpc) is 2.45. The van der Waals surface area contributed by atoms with Crippen LogP contribution in [0, 0.1) is 21.4 Å². The van der Waals surface area contributed by atoms with E-state index in [2.05, 4.69) is 16.0 Å². The predicted octanol–water partition coefficient (Wildman–Crippen LogP) is 0.745. The first-order chi connectivity index (χ1) is 9.93. The summed E-state index contributed by atoms with van der Waals surface area (Å²) < 4.78 is 0. The van der Waals surface area contributed by atoms with Gasteiger partial charge in [0.2, 0.25) is 5.91 Å². The van der Waals surface area contributed by atoms with E-state index in [0.29, 0.717) is 5.69 Å². The lowest BCUT2D eigenvalue weighted by Gasteiger charge is -2.13. The summed E-state index contributed by atoms with van der Waals surface area (Å²) >= 11 is 0. The average molecular weight is 291 g/mol. The van der Waals surface area contributed by atoms with Crippen molar-refractivity contribution >= 4 is 23.3 Å². The summed E-state index contributed by atoms with van der Waals surface area (Å²) in [5.41, 5.74) is 0.257. The van der Waals surface area contributed by atoms with Crippen molar-refractivity contribution in [2.75, 3.05) is 11.9 Å². The molecule has 0 saturated heterocycles. The Balaban J connectivity index is 2.51. The van der Waals surface area contributed by atoms with Crippen LogP contribution in [0.5, 0.6) is 0 Å². The van der Waals surface area contributed by atoms with E-state index >= 15 is 0 Å². The number of nitriles is 1. The number of nitro groups is 1. The second kappa shape index (κ2) is 7.44. The zero-order valence-corrected chi connectivity index (χ0v) is 11.1. The minimum atomic E-state index is -0.823. The number of urea groups is 1. The number of hydrogen-bond donors (Lipinski definition) is 3. The Kier molecular flexibility index (Phi) is 5.64. The molecule has 1 aromatic carbocycles. The van der Waals surface area contributed by atoms with E-state index in [1.807, 2.05) is 0 Å². The molecule has 1 atom stereocenters. The molecule has 1 rings (SSSR count). The Bertz CT molecular complexity index is 578. The Morgan fingerprint density at radius 1 is 1.38 bits per heavy atom. The molecule has 0 heterocycles. The lowest BCUT2D eigenvalue weighted by atomic mass is 10.3. The third-order valence-corrected chi connectivity index (χ3v) is 2.42. The molecule has 0 fully saturated rings. The summed E-state index contributed by atoms with van der Waals surface area (Å²) in [5.74, 6) is -0.490. The highest BCUT2D eigenvalue weighted by Gasteiger charge is 2.15. The highest BCUT2D eigenvalue weighted by molar-refractivity contribution is 5.93. The molecule has 9 nitrogen and oxygen atoms in total. The number of benzene rings is 1. The summed E-state index contributed by atoms with van der Waals surface area (Å²) in [6, 6.07) is 5.53. The van der Waals surface area contributed by atoms with Gasteiger partial charge in [0.15, 0.2) is 0 Å². The topological polar surface area (TPSA) is 137 Å². The van der Waals surface area contributed by atoms with Gasteiger partial charge in [-0.2, -0.15) is 5.26 Å². The van der Waals surface area contributed by atoms with Gasteiger partial charge in [-0.1, -0.05) is 0 Å². The molecular formula is C12H13N5O4. The number of hydrogen-bond acceptors (Lipinski definition) is 5. The van der Waals surface area contributed by atoms with Crippen LogP contribution in [0.3, 0.4) is 0 Å². The highest BCUT2D eigenvalue weighted by atomic mass is 16.6. The van der Waals surface area contributed by atoms with E-state index in [1.165, 1.54) is 31.2 Å². The normalized spacial score (nSPS) is 10.9. The molecule has 9 heteroatoms. The molecule has 0 aliphatic heterocycles. The van der Waals surface area contributed by atoms with Gasteiger partial charge < -0.3 is 16.0 Å². The monoisotopic (exact) mass is 291 g/mol. The number of amides is 3. The minimum Gasteiger partial charge on any atom is -0.341 e. The first kappa shape index (κ1) is 15.9. The van der Waals surface area contributed by atoms with Crippen molar-refractivity contribution in [1.29, 1.82) is 5.26 Å². The molecule has 0 radical (unpaired) electrons. The van der Waals surface area contributed by atoms with Crippen molar-refractivity contribution in [3.63, 3.8) is 0 Å². The first-order valence-corrected chi connectivity index (χ1v) is 5.90. The number of non-ortho nitro benzene ring substituents is 1. The molecule has 3 amide bonds. The summed E-state index contributed by atoms with van der Waals surface area (Å²) in [6.45, 7) is 1.32. The number of anilines is 1. The lowest BCUT2D eigenvalue weighted by molar-refractivity contribution is -0.384. The van der Waals surface area contributed by atoms with E-state index < -0.39 is 22.9 Å². The molecule has 0 aliphatic rings. The van der Waals surface area contributed by atoms with E-state index in [-0.39, 0.29) is 12.2 Å². The van der Waals surface area contributed by atoms with Gasteiger partial charge >= 0.3 is 6.03 Å². The third-order valence-electron chi connectivity index (χ3n) is 2.42. The van der Waals surface area contributed by atoms with E-state index in [9.17, 15) is 19.7 Å². The molecule has 0 aliphatic carbocycles. The van der Waals surface area contributed by atoms with Crippen molar-refractivity contribution in [1.82, 2.24) is 10.6 Å². The van der Waals surface area contributed by atoms with Crippen molar-refractivity contribution in [3.8, 4) is 6.07 Å². The largest absolute Gasteiger partial charge is 0.341 e. The van der Waals surface area contributed by atoms with E-state index in [4.69, 9.17) is 5.26 Å². The van der Waals surface area contributed by atoms with Crippen LogP contribution < -0.4 is 16.0 Å². The number of nitrogens with zero attached hydrogens (tertiary/aromatic N) is 2. The minimum absolute atomic E-state index is 0.0924. The number of carbonyl (C=O) groups excluding carboxylic acids is 2. The number of nitro benzene ring substituents is 1. The molecule has 21 heavy (non-hydrogen) atoms. The quantitative estimate of drug-likeness (QED) is 0.417. The van der Waals surface area contributed by atoms with Crippen LogP contribution in [0.25, 0.3) is 0 Å². The van der Waals surface area contributed by atoms with Gasteiger partial charge in [-0.15, -0.1) is 0 Å². The van der Waals surface area contributed by atoms with Crippen molar-refractivity contribution in [2.45, 2.75) is 13.0 Å². The van der Waals surface area contributed by atoms with Crippen LogP contribution in [-0.2, 0) is 4.79 Å². The maximum absolute atomic E-state index is 11.6. The third kappa shape index (κ3) is 5.15. The Hall–Kier alpha value is -3.15. The molecule has 0 spiro atoms. The number of nitrogens with one attached hydrogen (secondary N) is 3.